The average Bonchev–Trinajstić information content (AvgIpc) is 2.27. The van der Waals surface area contributed by atoms with Crippen molar-refractivity contribution in [3.8, 4) is 0 Å². The van der Waals surface area contributed by atoms with E-state index in [-0.39, 0.29) is 0 Å². The lowest BCUT2D eigenvalue weighted by Gasteiger charge is -2.24. The number of rotatable bonds is 5. The molecule has 1 aliphatic heterocycles. The fourth-order valence-corrected chi connectivity index (χ4v) is 1.76. The van der Waals surface area contributed by atoms with Crippen molar-refractivity contribution in [3.63, 3.8) is 0 Å². The molecule has 0 radical (unpaired) electrons. The molecule has 1 aliphatic rings. The van der Waals surface area contributed by atoms with E-state index in [1.165, 1.54) is 11.1 Å². The summed E-state index contributed by atoms with van der Waals surface area (Å²) in [7, 11) is 1.75. The SMILES string of the molecule is COCCC(C)=C(C)CC1COCCN1. The maximum Gasteiger partial charge on any atom is 0.0623 e. The smallest absolute Gasteiger partial charge is 0.0623 e. The molecule has 1 N–H and O–H groups in total. The van der Waals surface area contributed by atoms with Crippen LogP contribution in [0.1, 0.15) is 26.7 Å². The Balaban J connectivity index is 2.34. The first-order valence-corrected chi connectivity index (χ1v) is 5.69. The highest BCUT2D eigenvalue weighted by molar-refractivity contribution is 5.11. The second-order valence-corrected chi connectivity index (χ2v) is 4.23. The molecular weight excluding hydrogens is 190 g/mol. The predicted molar refractivity (Wildman–Crippen MR) is 62.1 cm³/mol. The van der Waals surface area contributed by atoms with Crippen LogP contribution in [-0.2, 0) is 9.47 Å². The second-order valence-electron chi connectivity index (χ2n) is 4.23. The number of morpholine rings is 1. The van der Waals surface area contributed by atoms with Crippen molar-refractivity contribution in [1.82, 2.24) is 5.32 Å². The Morgan fingerprint density at radius 2 is 2.20 bits per heavy atom. The van der Waals surface area contributed by atoms with Crippen LogP contribution in [0.2, 0.25) is 0 Å². The van der Waals surface area contributed by atoms with Gasteiger partial charge in [0.1, 0.15) is 0 Å². The Hall–Kier alpha value is -0.380. The van der Waals surface area contributed by atoms with Gasteiger partial charge in [0.15, 0.2) is 0 Å². The topological polar surface area (TPSA) is 30.5 Å². The molecule has 1 rings (SSSR count). The van der Waals surface area contributed by atoms with Crippen molar-refractivity contribution in [1.29, 1.82) is 0 Å². The molecule has 0 aromatic rings. The zero-order valence-electron chi connectivity index (χ0n) is 10.1. The minimum absolute atomic E-state index is 0.497. The number of ether oxygens (including phenoxy) is 2. The quantitative estimate of drug-likeness (QED) is 0.706. The molecular formula is C12H23NO2. The average molecular weight is 213 g/mol. The second kappa shape index (κ2) is 6.99. The third-order valence-corrected chi connectivity index (χ3v) is 2.96. The van der Waals surface area contributed by atoms with Gasteiger partial charge in [0.25, 0.3) is 0 Å². The van der Waals surface area contributed by atoms with Crippen LogP contribution in [0.15, 0.2) is 11.1 Å². The largest absolute Gasteiger partial charge is 0.384 e. The van der Waals surface area contributed by atoms with E-state index >= 15 is 0 Å². The van der Waals surface area contributed by atoms with E-state index in [0.717, 1.165) is 39.2 Å². The van der Waals surface area contributed by atoms with Gasteiger partial charge in [-0.3, -0.25) is 0 Å². The third kappa shape index (κ3) is 4.78. The van der Waals surface area contributed by atoms with Crippen LogP contribution in [-0.4, -0.2) is 39.5 Å². The van der Waals surface area contributed by atoms with Crippen molar-refractivity contribution in [2.24, 2.45) is 0 Å². The number of hydrogen-bond acceptors (Lipinski definition) is 3. The molecule has 0 aliphatic carbocycles. The van der Waals surface area contributed by atoms with Crippen LogP contribution < -0.4 is 5.32 Å². The predicted octanol–water partition coefficient (Wildman–Crippen LogP) is 1.74. The van der Waals surface area contributed by atoms with Gasteiger partial charge in [0.2, 0.25) is 0 Å². The van der Waals surface area contributed by atoms with E-state index in [4.69, 9.17) is 9.47 Å². The molecule has 1 heterocycles. The highest BCUT2D eigenvalue weighted by Crippen LogP contribution is 2.14. The number of hydrogen-bond donors (Lipinski definition) is 1. The van der Waals surface area contributed by atoms with Gasteiger partial charge >= 0.3 is 0 Å². The monoisotopic (exact) mass is 213 g/mol. The van der Waals surface area contributed by atoms with Gasteiger partial charge < -0.3 is 14.8 Å². The Morgan fingerprint density at radius 1 is 1.40 bits per heavy atom. The molecule has 0 spiro atoms. The summed E-state index contributed by atoms with van der Waals surface area (Å²) in [6.07, 6.45) is 2.13. The maximum absolute atomic E-state index is 5.43. The summed E-state index contributed by atoms with van der Waals surface area (Å²) in [5, 5.41) is 3.47. The summed E-state index contributed by atoms with van der Waals surface area (Å²) in [5.41, 5.74) is 2.92. The lowest BCUT2D eigenvalue weighted by Crippen LogP contribution is -2.41. The Morgan fingerprint density at radius 3 is 2.80 bits per heavy atom. The van der Waals surface area contributed by atoms with Crippen LogP contribution in [0.25, 0.3) is 0 Å². The molecule has 0 aromatic heterocycles. The highest BCUT2D eigenvalue weighted by Gasteiger charge is 2.13. The van der Waals surface area contributed by atoms with E-state index < -0.39 is 0 Å². The Bertz CT molecular complexity index is 208. The van der Waals surface area contributed by atoms with Gasteiger partial charge in [-0.15, -0.1) is 0 Å². The molecule has 1 fully saturated rings. The molecule has 3 heteroatoms. The van der Waals surface area contributed by atoms with Crippen LogP contribution in [0, 0.1) is 0 Å². The van der Waals surface area contributed by atoms with E-state index in [2.05, 4.69) is 19.2 Å². The van der Waals surface area contributed by atoms with Crippen LogP contribution >= 0.6 is 0 Å². The maximum atomic E-state index is 5.43. The van der Waals surface area contributed by atoms with Gasteiger partial charge in [0, 0.05) is 26.3 Å². The minimum atomic E-state index is 0.497. The first kappa shape index (κ1) is 12.7. The van der Waals surface area contributed by atoms with Crippen LogP contribution in [0.5, 0.6) is 0 Å². The fourth-order valence-electron chi connectivity index (χ4n) is 1.76. The fraction of sp³-hybridized carbons (Fsp3) is 0.833. The first-order valence-electron chi connectivity index (χ1n) is 5.69. The number of methoxy groups -OCH3 is 1. The molecule has 1 atom stereocenters. The van der Waals surface area contributed by atoms with E-state index in [0.29, 0.717) is 6.04 Å². The van der Waals surface area contributed by atoms with Crippen LogP contribution in [0.3, 0.4) is 0 Å². The van der Waals surface area contributed by atoms with E-state index in [1.54, 1.807) is 7.11 Å². The third-order valence-electron chi connectivity index (χ3n) is 2.96. The standard InChI is InChI=1S/C12H23NO2/c1-10(4-6-14-3)11(2)8-12-9-15-7-5-13-12/h12-13H,4-9H2,1-3H3. The highest BCUT2D eigenvalue weighted by atomic mass is 16.5. The summed E-state index contributed by atoms with van der Waals surface area (Å²) < 4.78 is 10.5. The molecule has 15 heavy (non-hydrogen) atoms. The van der Waals surface area contributed by atoms with Crippen LogP contribution in [0.4, 0.5) is 0 Å². The first-order chi connectivity index (χ1) is 7.24. The van der Waals surface area contributed by atoms with Gasteiger partial charge in [-0.05, 0) is 26.7 Å². The van der Waals surface area contributed by atoms with Gasteiger partial charge in [-0.25, -0.2) is 0 Å². The summed E-state index contributed by atoms with van der Waals surface area (Å²) >= 11 is 0. The molecule has 88 valence electrons. The summed E-state index contributed by atoms with van der Waals surface area (Å²) in [4.78, 5) is 0. The molecule has 0 bridgehead atoms. The van der Waals surface area contributed by atoms with Gasteiger partial charge in [0.05, 0.1) is 13.2 Å². The molecule has 1 unspecified atom stereocenters. The van der Waals surface area contributed by atoms with Gasteiger partial charge in [-0.2, -0.15) is 0 Å². The molecule has 0 aromatic carbocycles. The summed E-state index contributed by atoms with van der Waals surface area (Å²) in [6, 6.07) is 0.497. The Labute approximate surface area is 92.8 Å². The molecule has 1 saturated heterocycles. The van der Waals surface area contributed by atoms with E-state index in [9.17, 15) is 0 Å². The van der Waals surface area contributed by atoms with Crippen molar-refractivity contribution < 1.29 is 9.47 Å². The van der Waals surface area contributed by atoms with Gasteiger partial charge in [-0.1, -0.05) is 11.1 Å². The van der Waals surface area contributed by atoms with Crippen molar-refractivity contribution in [2.75, 3.05) is 33.5 Å². The summed E-state index contributed by atoms with van der Waals surface area (Å²) in [5.74, 6) is 0. The van der Waals surface area contributed by atoms with Crippen molar-refractivity contribution in [3.05, 3.63) is 11.1 Å². The number of nitrogens with one attached hydrogen (secondary N) is 1. The Kier molecular flexibility index (Phi) is 5.91. The zero-order valence-corrected chi connectivity index (χ0v) is 10.1. The molecule has 3 nitrogen and oxygen atoms in total. The molecule has 0 saturated carbocycles. The normalized spacial score (nSPS) is 23.8. The van der Waals surface area contributed by atoms with E-state index in [1.807, 2.05) is 0 Å². The minimum Gasteiger partial charge on any atom is -0.384 e. The lowest BCUT2D eigenvalue weighted by molar-refractivity contribution is 0.0769. The zero-order chi connectivity index (χ0) is 11.1. The van der Waals surface area contributed by atoms with Crippen molar-refractivity contribution in [2.45, 2.75) is 32.7 Å². The molecule has 0 amide bonds. The van der Waals surface area contributed by atoms with Crippen molar-refractivity contribution >= 4 is 0 Å². The summed E-state index contributed by atoms with van der Waals surface area (Å²) in [6.45, 7) is 7.89. The lowest BCUT2D eigenvalue weighted by atomic mass is 10.0.